The van der Waals surface area contributed by atoms with Crippen LogP contribution in [0.25, 0.3) is 41.6 Å². The van der Waals surface area contributed by atoms with Gasteiger partial charge in [-0.15, -0.1) is 22.7 Å². The van der Waals surface area contributed by atoms with Gasteiger partial charge in [0.25, 0.3) is 0 Å². The smallest absolute Gasteiger partial charge is 0.228 e. The number of aliphatic hydroxyl groups excluding tert-OH is 2. The van der Waals surface area contributed by atoms with Crippen molar-refractivity contribution in [1.82, 2.24) is 45.2 Å². The van der Waals surface area contributed by atoms with Crippen LogP contribution in [0.5, 0.6) is 0 Å². The average molecular weight is 1530 g/mol. The van der Waals surface area contributed by atoms with Gasteiger partial charge in [0.1, 0.15) is 99.5 Å². The van der Waals surface area contributed by atoms with Gasteiger partial charge in [0, 0.05) is 78.7 Å². The molecule has 1 aliphatic heterocycles. The highest BCUT2D eigenvalue weighted by atomic mass is 32.2. The van der Waals surface area contributed by atoms with Crippen molar-refractivity contribution in [2.24, 2.45) is 11.8 Å². The Labute approximate surface area is 607 Å². The van der Waals surface area contributed by atoms with Crippen LogP contribution >= 0.6 is 22.7 Å². The Bertz CT molecular complexity index is 4910. The highest BCUT2D eigenvalue weighted by Gasteiger charge is 2.55. The molecule has 7 heterocycles. The van der Waals surface area contributed by atoms with Crippen molar-refractivity contribution < 1.29 is 71.9 Å². The zero-order chi connectivity index (χ0) is 74.4. The number of anilines is 3. The minimum Gasteiger partial charge on any atom is -0.390 e. The molecular weight excluding hydrogens is 1460 g/mol. The van der Waals surface area contributed by atoms with Crippen molar-refractivity contribution >= 4 is 97.5 Å². The Morgan fingerprint density at radius 3 is 1.69 bits per heavy atom. The number of carbonyl (C=O) groups excluding carboxylic acids is 1. The van der Waals surface area contributed by atoms with Gasteiger partial charge < -0.3 is 40.5 Å². The molecule has 3 aromatic carbocycles. The van der Waals surface area contributed by atoms with Gasteiger partial charge >= 0.3 is 0 Å². The van der Waals surface area contributed by atoms with E-state index in [9.17, 15) is 62.4 Å². The summed E-state index contributed by atoms with van der Waals surface area (Å²) in [7, 11) is -8.02. The highest BCUT2D eigenvalue weighted by Crippen LogP contribution is 2.48. The maximum absolute atomic E-state index is 14.7. The molecule has 5 N–H and O–H groups in total. The molecule has 0 bridgehead atoms. The number of aryl methyl sites for hydroxylation is 3. The molecule has 6 fully saturated rings. The molecule has 0 radical (unpaired) electrons. The van der Waals surface area contributed by atoms with Gasteiger partial charge in [-0.2, -0.15) is 4.98 Å². The molecule has 6 aromatic heterocycles. The van der Waals surface area contributed by atoms with E-state index in [0.29, 0.717) is 58.5 Å². The van der Waals surface area contributed by atoms with Crippen molar-refractivity contribution in [3.63, 3.8) is 0 Å². The van der Waals surface area contributed by atoms with E-state index in [1.165, 1.54) is 60.1 Å². The first-order chi connectivity index (χ1) is 49.3. The number of nitrogens with zero attached hydrogens (tertiary/aromatic N) is 9. The third-order valence-electron chi connectivity index (χ3n) is 18.6. The van der Waals surface area contributed by atoms with Gasteiger partial charge in [0.2, 0.25) is 11.1 Å². The molecule has 6 aliphatic rings. The summed E-state index contributed by atoms with van der Waals surface area (Å²) >= 11 is 2.98. The van der Waals surface area contributed by atoms with Crippen LogP contribution in [-0.2, 0) is 53.0 Å². The minimum atomic E-state index is -3.40. The summed E-state index contributed by atoms with van der Waals surface area (Å²) in [4.78, 5) is 49.3. The van der Waals surface area contributed by atoms with Crippen molar-refractivity contribution in [3.8, 4) is 21.1 Å². The lowest BCUT2D eigenvalue weighted by molar-refractivity contribution is -0.156. The second kappa shape index (κ2) is 31.1. The van der Waals surface area contributed by atoms with Gasteiger partial charge in [-0.05, 0) is 135 Å². The summed E-state index contributed by atoms with van der Waals surface area (Å²) in [6, 6.07) is 14.3. The van der Waals surface area contributed by atoms with Crippen LogP contribution < -0.4 is 20.9 Å². The summed E-state index contributed by atoms with van der Waals surface area (Å²) < 4.78 is 155. The van der Waals surface area contributed by atoms with E-state index in [4.69, 9.17) is 29.4 Å². The van der Waals surface area contributed by atoms with Crippen LogP contribution in [0.1, 0.15) is 115 Å². The number of sulfone groups is 2. The Balaban J connectivity index is 0.000000150. The second-order valence-electron chi connectivity index (χ2n) is 27.6. The molecule has 104 heavy (non-hydrogen) atoms. The standard InChI is InChI=1S/C29H32F2N6O4S2.C25H31N5O5S3.C10H11F2N.C7H4F2O/c1-14-23(28-35-24-15(2)32-10-9-22(24)42-28)27(34-21-11-16(13-43(3,40)41)25(38)26(21)39)36-29(33-14)37(17-7-8-17)12-18-19(30)5-4-6-20(18)31;1-12-17(23-29-19-16(36-23)8-9-26-18(19)13-6-7-13)22(30-24(27-12)37(4)31)28-15-10-14(11-38(5,32)33)20-21(15)35-25(2,3)34-20;11-9-2-1-3-10(12)8(9)6-13-7-4-5-7;8-6-2-1-3-7(9)5(6)4-10/h4-6,9-10,16-17,21,25-26,38-39H,7-8,11-13H2,1-3H3,(H,33,34,36);8-9,13-15,20-21H,6-7,10-11H2,1-5H3,(H,27,28,30);1-3,7,13H,4-6H2;1-4H/t16-,21-,25-,26+;14-,15-,20-,21+,37?;;/m11../s1. The number of thiazole rings is 2. The fourth-order valence-electron chi connectivity index (χ4n) is 13.2. The number of halogens is 6. The van der Waals surface area contributed by atoms with Gasteiger partial charge in [-0.1, -0.05) is 18.2 Å². The molecule has 9 atom stereocenters. The number of hydrogen-bond donors (Lipinski definition) is 5. The number of aliphatic hydroxyl groups is 2. The lowest BCUT2D eigenvalue weighted by Crippen LogP contribution is -2.36. The van der Waals surface area contributed by atoms with Crippen molar-refractivity contribution in [3.05, 3.63) is 153 Å². The van der Waals surface area contributed by atoms with E-state index in [0.717, 1.165) is 99.3 Å². The number of ether oxygens (including phenoxy) is 2. The zero-order valence-corrected chi connectivity index (χ0v) is 62.0. The fraction of sp³-hybridized carbons (Fsp3) is 0.451. The molecule has 33 heteroatoms. The molecular formula is C71H78F6N12O10S5. The lowest BCUT2D eigenvalue weighted by Gasteiger charge is -2.26. The lowest BCUT2D eigenvalue weighted by atomic mass is 10.1. The summed E-state index contributed by atoms with van der Waals surface area (Å²) in [5.41, 5.74) is 5.52. The predicted molar refractivity (Wildman–Crippen MR) is 385 cm³/mol. The van der Waals surface area contributed by atoms with Crippen molar-refractivity contribution in [2.75, 3.05) is 45.8 Å². The molecule has 1 saturated heterocycles. The molecule has 22 nitrogen and oxygen atoms in total. The molecule has 15 rings (SSSR count). The molecule has 554 valence electrons. The van der Waals surface area contributed by atoms with E-state index < -0.39 is 101 Å². The number of hydrogen-bond acceptors (Lipinski definition) is 24. The fourth-order valence-corrected chi connectivity index (χ4v) is 18.1. The van der Waals surface area contributed by atoms with Gasteiger partial charge in [-0.3, -0.25) is 19.0 Å². The first-order valence-corrected chi connectivity index (χ1v) is 41.1. The van der Waals surface area contributed by atoms with E-state index in [1.807, 2.05) is 46.0 Å². The van der Waals surface area contributed by atoms with E-state index >= 15 is 0 Å². The number of nitrogens with one attached hydrogen (secondary N) is 3. The largest absolute Gasteiger partial charge is 0.390 e. The van der Waals surface area contributed by atoms with Crippen molar-refractivity contribution in [2.45, 2.75) is 165 Å². The first-order valence-electron chi connectivity index (χ1n) is 33.7. The molecule has 0 amide bonds. The van der Waals surface area contributed by atoms with Crippen LogP contribution in [-0.4, -0.2) is 162 Å². The van der Waals surface area contributed by atoms with Crippen LogP contribution in [0.4, 0.5) is 43.9 Å². The average Bonchev–Trinajstić information content (AvgIpc) is 1.55. The maximum Gasteiger partial charge on any atom is 0.228 e. The number of aromatic nitrogens is 8. The Kier molecular flexibility index (Phi) is 22.7. The number of carbonyl (C=O) groups is 1. The number of rotatable bonds is 20. The zero-order valence-electron chi connectivity index (χ0n) is 57.9. The number of pyridine rings is 2. The Morgan fingerprint density at radius 2 is 1.14 bits per heavy atom. The van der Waals surface area contributed by atoms with E-state index in [2.05, 4.69) is 35.9 Å². The normalized spacial score (nSPS) is 22.2. The second-order valence-corrected chi connectivity index (χ2v) is 35.3. The van der Waals surface area contributed by atoms with Crippen LogP contribution in [0.3, 0.4) is 0 Å². The summed E-state index contributed by atoms with van der Waals surface area (Å²) in [6.07, 6.45) is 11.2. The molecule has 5 saturated carbocycles. The summed E-state index contributed by atoms with van der Waals surface area (Å²) in [5.74, 6) is -4.32. The van der Waals surface area contributed by atoms with Gasteiger partial charge in [0.15, 0.2) is 12.1 Å². The van der Waals surface area contributed by atoms with E-state index in [-0.39, 0.29) is 83.2 Å². The predicted octanol–water partition coefficient (Wildman–Crippen LogP) is 11.2. The van der Waals surface area contributed by atoms with Crippen LogP contribution in [0, 0.1) is 67.5 Å². The van der Waals surface area contributed by atoms with Crippen LogP contribution in [0.15, 0.2) is 84.3 Å². The molecule has 1 unspecified atom stereocenters. The maximum atomic E-state index is 14.7. The van der Waals surface area contributed by atoms with Gasteiger partial charge in [0.05, 0.1) is 102 Å². The monoisotopic (exact) mass is 1530 g/mol. The quantitative estimate of drug-likeness (QED) is 0.0269. The first kappa shape index (κ1) is 76.1. The molecule has 9 aromatic rings. The summed E-state index contributed by atoms with van der Waals surface area (Å²) in [6.45, 7) is 9.43. The Hall–Kier alpha value is -7.60. The number of aldehydes is 1. The molecule has 0 spiro atoms. The third-order valence-corrected chi connectivity index (χ3v) is 23.5. The van der Waals surface area contributed by atoms with Crippen molar-refractivity contribution in [1.29, 1.82) is 0 Å². The Morgan fingerprint density at radius 1 is 0.625 bits per heavy atom. The van der Waals surface area contributed by atoms with Crippen LogP contribution in [0.2, 0.25) is 0 Å². The van der Waals surface area contributed by atoms with Gasteiger partial charge in [-0.25, -0.2) is 68.1 Å². The molecule has 5 aliphatic carbocycles. The van der Waals surface area contributed by atoms with E-state index in [1.54, 1.807) is 35.6 Å². The SMILES string of the molecule is Cc1nc(N(Cc2c(F)cccc2F)C2CC2)nc(N[C@@H]2C[C@H](CS(C)(=O)=O)[C@@H](O)[C@H]2O)c1-c1nc2c(C)nccc2s1.Cc1nc(S(C)=O)nc(N[C@@H]2C[C@H](CS(C)(=O)=O)[C@H]3OC(C)(C)O[C@H]32)c1-c1nc2c(C3CC3)nccc2s1.Fc1cccc(F)c1CNC1CC1.O=Cc1c(F)cccc1F. The highest BCUT2D eigenvalue weighted by molar-refractivity contribution is 7.90. The summed E-state index contributed by atoms with van der Waals surface area (Å²) in [5, 5.41) is 33.1. The third kappa shape index (κ3) is 17.9. The topological polar surface area (TPSA) is 304 Å². The minimum absolute atomic E-state index is 0.00804. The number of fused-ring (bicyclic) bond motifs is 3. The number of benzene rings is 3.